The molecule has 6 N–H and O–H groups in total. The third-order valence-electron chi connectivity index (χ3n) is 12.3. The molecule has 40 heavy (non-hydrogen) atoms. The number of aliphatic carboxylic acids is 1. The molecule has 4 saturated carbocycles. The van der Waals surface area contributed by atoms with Gasteiger partial charge in [-0.15, -0.1) is 0 Å². The molecule has 0 heterocycles. The Morgan fingerprint density at radius 3 is 2.48 bits per heavy atom. The van der Waals surface area contributed by atoms with Crippen LogP contribution < -0.4 is 11.1 Å². The average molecular weight is 555 g/mol. The number of rotatable bonds is 8. The van der Waals surface area contributed by atoms with E-state index in [0.29, 0.717) is 19.3 Å². The molecular formula is C33H50N2O5. The van der Waals surface area contributed by atoms with Gasteiger partial charge in [-0.3, -0.25) is 9.59 Å². The van der Waals surface area contributed by atoms with Crippen molar-refractivity contribution in [1.82, 2.24) is 5.32 Å². The van der Waals surface area contributed by atoms with Gasteiger partial charge in [-0.25, -0.2) is 0 Å². The zero-order valence-electron chi connectivity index (χ0n) is 24.5. The van der Waals surface area contributed by atoms with Crippen molar-refractivity contribution >= 4 is 11.9 Å². The van der Waals surface area contributed by atoms with Gasteiger partial charge >= 0.3 is 5.97 Å². The monoisotopic (exact) mass is 554 g/mol. The first-order valence-electron chi connectivity index (χ1n) is 15.6. The first-order valence-corrected chi connectivity index (χ1v) is 15.6. The van der Waals surface area contributed by atoms with Crippen LogP contribution in [0.25, 0.3) is 0 Å². The number of nitrogens with two attached hydrogens (primary N) is 1. The lowest BCUT2D eigenvalue weighted by atomic mass is 9.43. The van der Waals surface area contributed by atoms with E-state index in [4.69, 9.17) is 5.73 Å². The topological polar surface area (TPSA) is 133 Å². The SMILES string of the molecule is C[C@H](CCC(=O)O)[C@H]1CC[C@H]2[C@@H]3[C@H](O)C[C@@H]4C[C@@H](NC(=O)[C@@H](N)Cc5ccccc5)CC[C@]4(C)[C@H]3C[C@H](O)[C@]12C. The van der Waals surface area contributed by atoms with Gasteiger partial charge in [0.2, 0.25) is 5.91 Å². The highest BCUT2D eigenvalue weighted by Gasteiger charge is 2.65. The molecule has 4 fully saturated rings. The van der Waals surface area contributed by atoms with Crippen molar-refractivity contribution < 1.29 is 24.9 Å². The Morgan fingerprint density at radius 1 is 1.05 bits per heavy atom. The van der Waals surface area contributed by atoms with Crippen molar-refractivity contribution in [1.29, 1.82) is 0 Å². The molecule has 0 aliphatic heterocycles. The standard InChI is InChI=1S/C33H50N2O5/c1-19(9-12-29(38)39)23-10-11-24-30-25(18-28(37)33(23,24)3)32(2)14-13-22(16-21(32)17-27(30)36)35-31(40)26(34)15-20-7-5-4-6-8-20/h4-8,19,21-28,30,36-37H,9-18,34H2,1-3H3,(H,35,40)(H,38,39)/t19-,21+,22+,23-,24+,25+,26+,27-,28+,30+,32+,33-/m1/s1. The molecule has 1 aromatic rings. The van der Waals surface area contributed by atoms with Crippen LogP contribution in [0.15, 0.2) is 30.3 Å². The molecule has 1 aromatic carbocycles. The average Bonchev–Trinajstić information content (AvgIpc) is 3.27. The van der Waals surface area contributed by atoms with E-state index >= 15 is 0 Å². The Morgan fingerprint density at radius 2 is 1.77 bits per heavy atom. The van der Waals surface area contributed by atoms with Crippen LogP contribution in [0.2, 0.25) is 0 Å². The summed E-state index contributed by atoms with van der Waals surface area (Å²) in [6.07, 6.45) is 6.57. The minimum absolute atomic E-state index is 0.0204. The summed E-state index contributed by atoms with van der Waals surface area (Å²) < 4.78 is 0. The number of nitrogens with one attached hydrogen (secondary N) is 1. The van der Waals surface area contributed by atoms with Crippen molar-refractivity contribution in [3.63, 3.8) is 0 Å². The number of amides is 1. The van der Waals surface area contributed by atoms with Gasteiger partial charge in [-0.05, 0) is 110 Å². The minimum atomic E-state index is -0.762. The van der Waals surface area contributed by atoms with Gasteiger partial charge in [0.25, 0.3) is 0 Å². The zero-order valence-corrected chi connectivity index (χ0v) is 24.5. The van der Waals surface area contributed by atoms with Crippen LogP contribution in [-0.4, -0.2) is 51.5 Å². The third-order valence-corrected chi connectivity index (χ3v) is 12.3. The van der Waals surface area contributed by atoms with Crippen LogP contribution in [0.3, 0.4) is 0 Å². The summed E-state index contributed by atoms with van der Waals surface area (Å²) in [5.41, 5.74) is 7.05. The molecule has 0 spiro atoms. The molecular weight excluding hydrogens is 504 g/mol. The predicted octanol–water partition coefficient (Wildman–Crippen LogP) is 4.14. The molecule has 0 radical (unpaired) electrons. The Balaban J connectivity index is 1.26. The van der Waals surface area contributed by atoms with Crippen molar-refractivity contribution in [3.8, 4) is 0 Å². The van der Waals surface area contributed by atoms with Crippen molar-refractivity contribution in [2.24, 2.45) is 52.1 Å². The van der Waals surface area contributed by atoms with E-state index < -0.39 is 24.2 Å². The molecule has 12 atom stereocenters. The maximum absolute atomic E-state index is 13.0. The number of carbonyl (C=O) groups is 2. The smallest absolute Gasteiger partial charge is 0.303 e. The number of carbonyl (C=O) groups excluding carboxylic acids is 1. The lowest BCUT2D eigenvalue weighted by Gasteiger charge is -2.63. The molecule has 5 rings (SSSR count). The van der Waals surface area contributed by atoms with Crippen LogP contribution in [0.1, 0.15) is 84.1 Å². The van der Waals surface area contributed by atoms with E-state index in [2.05, 4.69) is 26.1 Å². The molecule has 7 nitrogen and oxygen atoms in total. The van der Waals surface area contributed by atoms with E-state index in [9.17, 15) is 24.9 Å². The van der Waals surface area contributed by atoms with Crippen molar-refractivity contribution in [2.45, 2.75) is 109 Å². The van der Waals surface area contributed by atoms with Crippen LogP contribution >= 0.6 is 0 Å². The molecule has 0 unspecified atom stereocenters. The van der Waals surface area contributed by atoms with Gasteiger partial charge in [0.1, 0.15) is 0 Å². The number of fused-ring (bicyclic) bond motifs is 5. The van der Waals surface area contributed by atoms with Gasteiger partial charge in [0.15, 0.2) is 0 Å². The summed E-state index contributed by atoms with van der Waals surface area (Å²) >= 11 is 0. The Kier molecular flexibility index (Phi) is 8.40. The van der Waals surface area contributed by atoms with Gasteiger partial charge < -0.3 is 26.4 Å². The van der Waals surface area contributed by atoms with Crippen molar-refractivity contribution in [2.75, 3.05) is 0 Å². The fourth-order valence-corrected chi connectivity index (χ4v) is 10.1. The molecule has 1 amide bonds. The highest BCUT2D eigenvalue weighted by atomic mass is 16.4. The van der Waals surface area contributed by atoms with Crippen LogP contribution in [0.5, 0.6) is 0 Å². The quantitative estimate of drug-likeness (QED) is 0.328. The van der Waals surface area contributed by atoms with Gasteiger partial charge in [0, 0.05) is 12.5 Å². The van der Waals surface area contributed by atoms with E-state index in [0.717, 1.165) is 44.1 Å². The summed E-state index contributed by atoms with van der Waals surface area (Å²) in [5, 5.41) is 35.9. The Hall–Kier alpha value is -1.96. The summed E-state index contributed by atoms with van der Waals surface area (Å²) in [6.45, 7) is 6.74. The summed E-state index contributed by atoms with van der Waals surface area (Å²) in [6, 6.07) is 9.33. The first kappa shape index (κ1) is 29.5. The first-order chi connectivity index (χ1) is 18.9. The second-order valence-electron chi connectivity index (χ2n) is 14.3. The van der Waals surface area contributed by atoms with Gasteiger partial charge in [-0.1, -0.05) is 51.1 Å². The van der Waals surface area contributed by atoms with E-state index in [1.165, 1.54) is 0 Å². The number of hydrogen-bond donors (Lipinski definition) is 5. The van der Waals surface area contributed by atoms with Crippen molar-refractivity contribution in [3.05, 3.63) is 35.9 Å². The van der Waals surface area contributed by atoms with E-state index in [-0.39, 0.29) is 64.7 Å². The van der Waals surface area contributed by atoms with Gasteiger partial charge in [0.05, 0.1) is 18.2 Å². The Bertz CT molecular complexity index is 1070. The fraction of sp³-hybridized carbons (Fsp3) is 0.758. The van der Waals surface area contributed by atoms with Gasteiger partial charge in [-0.2, -0.15) is 0 Å². The predicted molar refractivity (Wildman–Crippen MR) is 154 cm³/mol. The maximum atomic E-state index is 13.0. The molecule has 0 bridgehead atoms. The number of benzene rings is 1. The number of aliphatic hydroxyl groups is 2. The number of aliphatic hydroxyl groups excluding tert-OH is 2. The molecule has 4 aliphatic carbocycles. The number of hydrogen-bond acceptors (Lipinski definition) is 5. The van der Waals surface area contributed by atoms with E-state index in [1.54, 1.807) is 0 Å². The normalized spacial score (nSPS) is 42.1. The third kappa shape index (κ3) is 5.22. The largest absolute Gasteiger partial charge is 0.481 e. The lowest BCUT2D eigenvalue weighted by Crippen LogP contribution is -2.63. The molecule has 4 aliphatic rings. The zero-order chi connectivity index (χ0) is 28.8. The fourth-order valence-electron chi connectivity index (χ4n) is 10.1. The highest BCUT2D eigenvalue weighted by molar-refractivity contribution is 5.82. The summed E-state index contributed by atoms with van der Waals surface area (Å²) in [7, 11) is 0. The summed E-state index contributed by atoms with van der Waals surface area (Å²) in [4.78, 5) is 24.2. The lowest BCUT2D eigenvalue weighted by molar-refractivity contribution is -0.202. The summed E-state index contributed by atoms with van der Waals surface area (Å²) in [5.74, 6) is 0.588. The highest BCUT2D eigenvalue weighted by Crippen LogP contribution is 2.68. The van der Waals surface area contributed by atoms with Crippen LogP contribution in [0, 0.1) is 46.3 Å². The molecule has 222 valence electrons. The number of carboxylic acid groups (broad SMARTS) is 1. The maximum Gasteiger partial charge on any atom is 0.303 e. The molecule has 7 heteroatoms. The second kappa shape index (κ2) is 11.4. The van der Waals surface area contributed by atoms with Crippen LogP contribution in [0.4, 0.5) is 0 Å². The van der Waals surface area contributed by atoms with E-state index in [1.807, 2.05) is 30.3 Å². The Labute approximate surface area is 239 Å². The molecule has 0 saturated heterocycles. The number of carboxylic acids is 1. The van der Waals surface area contributed by atoms with Crippen LogP contribution in [-0.2, 0) is 16.0 Å². The minimum Gasteiger partial charge on any atom is -0.481 e. The molecule has 0 aromatic heterocycles. The second-order valence-corrected chi connectivity index (χ2v) is 14.3.